The van der Waals surface area contributed by atoms with Crippen molar-refractivity contribution in [2.75, 3.05) is 19.7 Å². The average molecular weight is 392 g/mol. The van der Waals surface area contributed by atoms with Crippen LogP contribution in [0.5, 0.6) is 0 Å². The van der Waals surface area contributed by atoms with Crippen molar-refractivity contribution in [3.8, 4) is 0 Å². The van der Waals surface area contributed by atoms with E-state index in [1.165, 1.54) is 6.21 Å². The molecule has 1 saturated heterocycles. The Morgan fingerprint density at radius 3 is 2.54 bits per heavy atom. The molecule has 10 heteroatoms. The third-order valence-electron chi connectivity index (χ3n) is 4.35. The van der Waals surface area contributed by atoms with Crippen LogP contribution in [-0.2, 0) is 19.3 Å². The molecule has 10 nitrogen and oxygen atoms in total. The molecule has 4 N–H and O–H groups in total. The van der Waals surface area contributed by atoms with Crippen LogP contribution in [0, 0.1) is 0 Å². The molecular formula is C18H24N4O6. The first-order chi connectivity index (χ1) is 13.4. The number of hydrogen-bond donors (Lipinski definition) is 3. The van der Waals surface area contributed by atoms with Gasteiger partial charge in [0.1, 0.15) is 12.6 Å². The number of carbonyl (C=O) groups excluding carboxylic acids is 2. The molecule has 1 heterocycles. The monoisotopic (exact) mass is 392 g/mol. The number of carbonyl (C=O) groups is 3. The number of piperidine rings is 1. The number of nitrogens with zero attached hydrogens (tertiary/aromatic N) is 2. The summed E-state index contributed by atoms with van der Waals surface area (Å²) >= 11 is 0. The van der Waals surface area contributed by atoms with Gasteiger partial charge >= 0.3 is 5.97 Å². The SMILES string of the molecule is C[C@H](NC(=O)c1ccc(C=NON)cc1)C(=O)N1CCC(OCC(=O)O)CC1. The second-order valence-corrected chi connectivity index (χ2v) is 6.39. The molecule has 0 bridgehead atoms. The van der Waals surface area contributed by atoms with Crippen LogP contribution in [0.2, 0.25) is 0 Å². The zero-order valence-corrected chi connectivity index (χ0v) is 15.5. The van der Waals surface area contributed by atoms with Crippen LogP contribution in [0.4, 0.5) is 0 Å². The molecule has 1 aromatic rings. The minimum atomic E-state index is -1.01. The number of nitrogens with one attached hydrogen (secondary N) is 1. The highest BCUT2D eigenvalue weighted by atomic mass is 16.7. The highest BCUT2D eigenvalue weighted by Crippen LogP contribution is 2.15. The molecule has 1 aliphatic rings. The number of hydrogen-bond acceptors (Lipinski definition) is 7. The predicted octanol–water partition coefficient (Wildman–Crippen LogP) is 0.121. The van der Waals surface area contributed by atoms with E-state index in [0.29, 0.717) is 37.1 Å². The van der Waals surface area contributed by atoms with Crippen molar-refractivity contribution in [2.24, 2.45) is 11.1 Å². The number of benzene rings is 1. The number of likely N-dealkylation sites (tertiary alicyclic amines) is 1. The molecule has 0 aliphatic carbocycles. The first-order valence-corrected chi connectivity index (χ1v) is 8.83. The molecule has 2 amide bonds. The van der Waals surface area contributed by atoms with Crippen molar-refractivity contribution in [3.05, 3.63) is 35.4 Å². The maximum absolute atomic E-state index is 12.5. The Labute approximate surface area is 162 Å². The molecule has 1 aromatic carbocycles. The molecule has 2 rings (SSSR count). The third-order valence-corrected chi connectivity index (χ3v) is 4.35. The van der Waals surface area contributed by atoms with E-state index >= 15 is 0 Å². The maximum atomic E-state index is 12.5. The van der Waals surface area contributed by atoms with Crippen LogP contribution < -0.4 is 11.2 Å². The van der Waals surface area contributed by atoms with Gasteiger partial charge in [-0.25, -0.2) is 4.79 Å². The standard InChI is InChI=1S/C18H24N4O6/c1-12(18(26)22-8-6-15(7-9-22)27-11-16(23)24)21-17(25)14-4-2-13(3-5-14)10-20-28-19/h2-5,10,12,15H,6-9,11,19H2,1H3,(H,21,25)(H,23,24)/t12-/m0/s1. The zero-order valence-electron chi connectivity index (χ0n) is 15.5. The van der Waals surface area contributed by atoms with E-state index in [9.17, 15) is 14.4 Å². The summed E-state index contributed by atoms with van der Waals surface area (Å²) in [6.45, 7) is 2.21. The van der Waals surface area contributed by atoms with E-state index in [0.717, 1.165) is 0 Å². The van der Waals surface area contributed by atoms with Crippen molar-refractivity contribution in [1.29, 1.82) is 0 Å². The van der Waals surface area contributed by atoms with Crippen LogP contribution in [-0.4, -0.2) is 65.8 Å². The van der Waals surface area contributed by atoms with Crippen molar-refractivity contribution < 1.29 is 29.2 Å². The molecule has 0 unspecified atom stereocenters. The first kappa shape index (κ1) is 21.3. The molecule has 1 fully saturated rings. The Morgan fingerprint density at radius 1 is 1.32 bits per heavy atom. The predicted molar refractivity (Wildman–Crippen MR) is 99.4 cm³/mol. The molecule has 28 heavy (non-hydrogen) atoms. The van der Waals surface area contributed by atoms with Gasteiger partial charge in [0.05, 0.1) is 12.3 Å². The minimum absolute atomic E-state index is 0.170. The topological polar surface area (TPSA) is 144 Å². The molecule has 0 saturated carbocycles. The van der Waals surface area contributed by atoms with Crippen LogP contribution in [0.15, 0.2) is 29.4 Å². The van der Waals surface area contributed by atoms with Gasteiger partial charge in [-0.2, -0.15) is 0 Å². The number of aliphatic carboxylic acids is 1. The van der Waals surface area contributed by atoms with E-state index in [4.69, 9.17) is 15.7 Å². The summed E-state index contributed by atoms with van der Waals surface area (Å²) in [5, 5.41) is 14.8. The molecule has 1 atom stereocenters. The number of ether oxygens (including phenoxy) is 1. The molecular weight excluding hydrogens is 368 g/mol. The van der Waals surface area contributed by atoms with Gasteiger partial charge in [0.2, 0.25) is 5.91 Å². The van der Waals surface area contributed by atoms with Gasteiger partial charge in [0.15, 0.2) is 0 Å². The second-order valence-electron chi connectivity index (χ2n) is 6.39. The lowest BCUT2D eigenvalue weighted by molar-refractivity contribution is -0.147. The summed E-state index contributed by atoms with van der Waals surface area (Å²) in [7, 11) is 0. The summed E-state index contributed by atoms with van der Waals surface area (Å²) in [6.07, 6.45) is 2.36. The average Bonchev–Trinajstić information content (AvgIpc) is 2.70. The number of nitrogens with two attached hydrogens (primary N) is 1. The van der Waals surface area contributed by atoms with Gasteiger partial charge in [0, 0.05) is 18.7 Å². The van der Waals surface area contributed by atoms with Crippen LogP contribution in [0.1, 0.15) is 35.7 Å². The second kappa shape index (κ2) is 10.4. The van der Waals surface area contributed by atoms with Crippen LogP contribution in [0.3, 0.4) is 0 Å². The van der Waals surface area contributed by atoms with Crippen LogP contribution >= 0.6 is 0 Å². The smallest absolute Gasteiger partial charge is 0.329 e. The van der Waals surface area contributed by atoms with E-state index in [-0.39, 0.29) is 24.5 Å². The van der Waals surface area contributed by atoms with Crippen molar-refractivity contribution >= 4 is 24.0 Å². The largest absolute Gasteiger partial charge is 0.480 e. The Kier molecular flexibility index (Phi) is 7.90. The third kappa shape index (κ3) is 6.32. The van der Waals surface area contributed by atoms with Gasteiger partial charge < -0.3 is 25.0 Å². The molecule has 1 aliphatic heterocycles. The summed E-state index contributed by atoms with van der Waals surface area (Å²) < 4.78 is 5.26. The highest BCUT2D eigenvalue weighted by molar-refractivity contribution is 5.98. The molecule has 0 radical (unpaired) electrons. The maximum Gasteiger partial charge on any atom is 0.329 e. The lowest BCUT2D eigenvalue weighted by atomic mass is 10.1. The fraction of sp³-hybridized carbons (Fsp3) is 0.444. The van der Waals surface area contributed by atoms with Crippen molar-refractivity contribution in [1.82, 2.24) is 10.2 Å². The number of carboxylic acid groups (broad SMARTS) is 1. The Hall–Kier alpha value is -2.98. The van der Waals surface area contributed by atoms with Crippen molar-refractivity contribution in [3.63, 3.8) is 0 Å². The fourth-order valence-corrected chi connectivity index (χ4v) is 2.86. The minimum Gasteiger partial charge on any atom is -0.480 e. The van der Waals surface area contributed by atoms with Crippen LogP contribution in [0.25, 0.3) is 0 Å². The fourth-order valence-electron chi connectivity index (χ4n) is 2.86. The summed E-state index contributed by atoms with van der Waals surface area (Å²) in [4.78, 5) is 41.2. The Bertz CT molecular complexity index is 713. The Balaban J connectivity index is 1.82. The Morgan fingerprint density at radius 2 is 1.96 bits per heavy atom. The summed E-state index contributed by atoms with van der Waals surface area (Å²) in [6, 6.07) is 5.87. The lowest BCUT2D eigenvalue weighted by Crippen LogP contribution is -2.50. The quantitative estimate of drug-likeness (QED) is 0.421. The van der Waals surface area contributed by atoms with Gasteiger partial charge in [-0.05, 0) is 37.5 Å². The van der Waals surface area contributed by atoms with E-state index in [1.54, 1.807) is 36.1 Å². The van der Waals surface area contributed by atoms with E-state index < -0.39 is 12.0 Å². The number of amides is 2. The number of oxime groups is 1. The normalized spacial score (nSPS) is 16.0. The summed E-state index contributed by atoms with van der Waals surface area (Å²) in [5.41, 5.74) is 1.12. The first-order valence-electron chi connectivity index (χ1n) is 8.83. The van der Waals surface area contributed by atoms with Gasteiger partial charge in [-0.1, -0.05) is 17.3 Å². The van der Waals surface area contributed by atoms with Crippen molar-refractivity contribution in [2.45, 2.75) is 31.9 Å². The lowest BCUT2D eigenvalue weighted by Gasteiger charge is -2.33. The highest BCUT2D eigenvalue weighted by Gasteiger charge is 2.27. The van der Waals surface area contributed by atoms with Gasteiger partial charge in [-0.3, -0.25) is 9.59 Å². The molecule has 0 aromatic heterocycles. The zero-order chi connectivity index (χ0) is 20.5. The number of rotatable bonds is 8. The van der Waals surface area contributed by atoms with E-state index in [1.807, 2.05) is 0 Å². The van der Waals surface area contributed by atoms with Gasteiger partial charge in [-0.15, -0.1) is 5.90 Å². The molecule has 0 spiro atoms. The molecule has 152 valence electrons. The summed E-state index contributed by atoms with van der Waals surface area (Å²) in [5.74, 6) is 3.25. The van der Waals surface area contributed by atoms with Gasteiger partial charge in [0.25, 0.3) is 5.91 Å². The number of carboxylic acids is 1. The van der Waals surface area contributed by atoms with E-state index in [2.05, 4.69) is 15.4 Å².